The number of rotatable bonds is 3. The van der Waals surface area contributed by atoms with Crippen LogP contribution in [0.5, 0.6) is 0 Å². The van der Waals surface area contributed by atoms with Crippen molar-refractivity contribution >= 4 is 39.7 Å². The van der Waals surface area contributed by atoms with Crippen LogP contribution in [0.2, 0.25) is 0 Å². The van der Waals surface area contributed by atoms with E-state index < -0.39 is 0 Å². The molecule has 9 heteroatoms. The second kappa shape index (κ2) is 8.26. The van der Waals surface area contributed by atoms with Crippen molar-refractivity contribution in [2.45, 2.75) is 46.2 Å². The van der Waals surface area contributed by atoms with Crippen LogP contribution in [-0.4, -0.2) is 42.6 Å². The van der Waals surface area contributed by atoms with Crippen molar-refractivity contribution in [3.63, 3.8) is 0 Å². The summed E-state index contributed by atoms with van der Waals surface area (Å²) in [7, 11) is 0. The lowest BCUT2D eigenvalue weighted by Gasteiger charge is -2.34. The van der Waals surface area contributed by atoms with E-state index in [2.05, 4.69) is 47.2 Å². The first-order valence-corrected chi connectivity index (χ1v) is 11.6. The predicted molar refractivity (Wildman–Crippen MR) is 139 cm³/mol. The molecule has 35 heavy (non-hydrogen) atoms. The lowest BCUT2D eigenvalue weighted by molar-refractivity contribution is -0.136. The SMILES string of the molecule is Cc1c(N)cncc1-c1cc(N)c2cnc(Nc3cc4n(n3)CC(=O)N(C(C)(C)C)CC4)cc2c1. The Bertz CT molecular complexity index is 1450. The summed E-state index contributed by atoms with van der Waals surface area (Å²) in [5.74, 6) is 1.38. The van der Waals surface area contributed by atoms with E-state index >= 15 is 0 Å². The van der Waals surface area contributed by atoms with E-state index in [1.54, 1.807) is 23.3 Å². The molecule has 1 aliphatic rings. The molecule has 9 nitrogen and oxygen atoms in total. The third-order valence-corrected chi connectivity index (χ3v) is 6.54. The number of aromatic nitrogens is 4. The number of nitrogens with zero attached hydrogens (tertiary/aromatic N) is 5. The van der Waals surface area contributed by atoms with Gasteiger partial charge in [0, 0.05) is 59.3 Å². The van der Waals surface area contributed by atoms with E-state index in [0.29, 0.717) is 29.6 Å². The minimum Gasteiger partial charge on any atom is -0.398 e. The van der Waals surface area contributed by atoms with Gasteiger partial charge in [0.25, 0.3) is 0 Å². The monoisotopic (exact) mass is 470 g/mol. The number of benzene rings is 1. The molecule has 0 unspecified atom stereocenters. The van der Waals surface area contributed by atoms with Gasteiger partial charge in [-0.25, -0.2) is 4.98 Å². The third kappa shape index (κ3) is 4.25. The molecule has 0 spiro atoms. The second-order valence-electron chi connectivity index (χ2n) is 10.0. The van der Waals surface area contributed by atoms with Gasteiger partial charge >= 0.3 is 0 Å². The van der Waals surface area contributed by atoms with E-state index in [1.807, 2.05) is 30.0 Å². The fourth-order valence-electron chi connectivity index (χ4n) is 4.60. The first-order valence-electron chi connectivity index (χ1n) is 11.6. The van der Waals surface area contributed by atoms with Crippen molar-refractivity contribution in [2.24, 2.45) is 0 Å². The number of carbonyl (C=O) groups excluding carboxylic acids is 1. The molecule has 0 bridgehead atoms. The molecular weight excluding hydrogens is 440 g/mol. The van der Waals surface area contributed by atoms with Gasteiger partial charge in [0.1, 0.15) is 12.4 Å². The van der Waals surface area contributed by atoms with Crippen LogP contribution in [0, 0.1) is 6.92 Å². The largest absolute Gasteiger partial charge is 0.398 e. The highest BCUT2D eigenvalue weighted by molar-refractivity contribution is 5.98. The van der Waals surface area contributed by atoms with Gasteiger partial charge in [-0.3, -0.25) is 14.5 Å². The summed E-state index contributed by atoms with van der Waals surface area (Å²) in [4.78, 5) is 23.5. The number of nitrogen functional groups attached to an aromatic ring is 2. The summed E-state index contributed by atoms with van der Waals surface area (Å²) in [5, 5.41) is 9.72. The molecule has 0 saturated heterocycles. The molecule has 4 heterocycles. The Morgan fingerprint density at radius 3 is 2.57 bits per heavy atom. The van der Waals surface area contributed by atoms with E-state index in [0.717, 1.165) is 39.6 Å². The lowest BCUT2D eigenvalue weighted by atomic mass is 9.98. The Morgan fingerprint density at radius 1 is 1.00 bits per heavy atom. The van der Waals surface area contributed by atoms with Crippen LogP contribution in [0.4, 0.5) is 23.0 Å². The van der Waals surface area contributed by atoms with E-state index in [9.17, 15) is 4.79 Å². The van der Waals surface area contributed by atoms with E-state index in [4.69, 9.17) is 11.5 Å². The quantitative estimate of drug-likeness (QED) is 0.388. The molecule has 4 aromatic rings. The zero-order chi connectivity index (χ0) is 24.9. The van der Waals surface area contributed by atoms with Crippen molar-refractivity contribution in [1.29, 1.82) is 0 Å². The highest BCUT2D eigenvalue weighted by Crippen LogP contribution is 2.33. The number of hydrogen-bond acceptors (Lipinski definition) is 7. The smallest absolute Gasteiger partial charge is 0.244 e. The fourth-order valence-corrected chi connectivity index (χ4v) is 4.60. The molecule has 1 amide bonds. The maximum Gasteiger partial charge on any atom is 0.244 e. The van der Waals surface area contributed by atoms with Gasteiger partial charge in [-0.05, 0) is 62.4 Å². The summed E-state index contributed by atoms with van der Waals surface area (Å²) in [6.07, 6.45) is 5.95. The average molecular weight is 471 g/mol. The standard InChI is InChI=1S/C26H30N8O/c1-15-19(11-29-13-22(15)28)16-7-17-9-23(30-12-20(17)21(27)8-16)31-24-10-18-5-6-33(26(2,3)4)25(35)14-34(18)32-24/h7-13H,5-6,14,27-28H2,1-4H3,(H,30,31,32). The summed E-state index contributed by atoms with van der Waals surface area (Å²) < 4.78 is 1.78. The molecule has 1 aliphatic heterocycles. The molecular formula is C26H30N8O. The molecule has 5 rings (SSSR count). The van der Waals surface area contributed by atoms with Gasteiger partial charge in [-0.1, -0.05) is 0 Å². The van der Waals surface area contributed by atoms with Crippen molar-refractivity contribution in [2.75, 3.05) is 23.3 Å². The third-order valence-electron chi connectivity index (χ3n) is 6.54. The number of nitrogens with one attached hydrogen (secondary N) is 1. The molecule has 0 aliphatic carbocycles. The van der Waals surface area contributed by atoms with Gasteiger partial charge in [-0.2, -0.15) is 5.10 Å². The van der Waals surface area contributed by atoms with Crippen LogP contribution < -0.4 is 16.8 Å². The summed E-state index contributed by atoms with van der Waals surface area (Å²) in [6, 6.07) is 7.91. The number of pyridine rings is 2. The number of hydrogen-bond donors (Lipinski definition) is 3. The summed E-state index contributed by atoms with van der Waals surface area (Å²) in [5.41, 5.74) is 17.3. The van der Waals surface area contributed by atoms with Gasteiger partial charge in [0.15, 0.2) is 5.82 Å². The maximum atomic E-state index is 12.8. The first kappa shape index (κ1) is 22.6. The number of anilines is 4. The van der Waals surface area contributed by atoms with Crippen LogP contribution in [0.3, 0.4) is 0 Å². The van der Waals surface area contributed by atoms with Crippen LogP contribution in [0.1, 0.15) is 32.0 Å². The van der Waals surface area contributed by atoms with Crippen molar-refractivity contribution in [1.82, 2.24) is 24.6 Å². The second-order valence-corrected chi connectivity index (χ2v) is 10.0. The van der Waals surface area contributed by atoms with E-state index in [1.165, 1.54) is 0 Å². The number of carbonyl (C=O) groups is 1. The summed E-state index contributed by atoms with van der Waals surface area (Å²) in [6.45, 7) is 9.04. The van der Waals surface area contributed by atoms with E-state index in [-0.39, 0.29) is 18.0 Å². The molecule has 5 N–H and O–H groups in total. The average Bonchev–Trinajstić information content (AvgIpc) is 3.07. The molecule has 1 aromatic carbocycles. The first-order chi connectivity index (χ1) is 16.6. The molecule has 0 fully saturated rings. The Balaban J connectivity index is 1.44. The van der Waals surface area contributed by atoms with Gasteiger partial charge < -0.3 is 21.7 Å². The minimum absolute atomic E-state index is 0.0732. The highest BCUT2D eigenvalue weighted by Gasteiger charge is 2.29. The van der Waals surface area contributed by atoms with Gasteiger partial charge in [-0.15, -0.1) is 0 Å². The normalized spacial score (nSPS) is 14.2. The van der Waals surface area contributed by atoms with Gasteiger partial charge in [0.2, 0.25) is 5.91 Å². The van der Waals surface area contributed by atoms with Crippen LogP contribution in [0.15, 0.2) is 42.9 Å². The zero-order valence-electron chi connectivity index (χ0n) is 20.5. The number of fused-ring (bicyclic) bond motifs is 2. The lowest BCUT2D eigenvalue weighted by Crippen LogP contribution is -2.46. The Labute approximate surface area is 204 Å². The Kier molecular flexibility index (Phi) is 5.35. The van der Waals surface area contributed by atoms with Crippen LogP contribution in [-0.2, 0) is 17.8 Å². The van der Waals surface area contributed by atoms with Crippen molar-refractivity contribution in [3.8, 4) is 11.1 Å². The minimum atomic E-state index is -0.210. The Hall–Kier alpha value is -4.14. The van der Waals surface area contributed by atoms with Crippen LogP contribution in [0.25, 0.3) is 21.9 Å². The topological polar surface area (TPSA) is 128 Å². The molecule has 0 saturated carbocycles. The number of amides is 1. The molecule has 180 valence electrons. The molecule has 3 aromatic heterocycles. The van der Waals surface area contributed by atoms with Gasteiger partial charge in [0.05, 0.1) is 11.9 Å². The van der Waals surface area contributed by atoms with Crippen molar-refractivity contribution < 1.29 is 4.79 Å². The predicted octanol–water partition coefficient (Wildman–Crippen LogP) is 3.89. The maximum absolute atomic E-state index is 12.8. The summed E-state index contributed by atoms with van der Waals surface area (Å²) >= 11 is 0. The molecule has 0 atom stereocenters. The van der Waals surface area contributed by atoms with Crippen molar-refractivity contribution in [3.05, 3.63) is 54.1 Å². The fraction of sp³-hybridized carbons (Fsp3) is 0.308. The molecule has 0 radical (unpaired) electrons. The zero-order valence-corrected chi connectivity index (χ0v) is 20.5. The highest BCUT2D eigenvalue weighted by atomic mass is 16.2. The number of nitrogens with two attached hydrogens (primary N) is 2. The van der Waals surface area contributed by atoms with Crippen LogP contribution >= 0.6 is 0 Å². The Morgan fingerprint density at radius 2 is 1.80 bits per heavy atom.